The van der Waals surface area contributed by atoms with Gasteiger partial charge in [0.1, 0.15) is 18.1 Å². The minimum Gasteiger partial charge on any atom is -0.489 e. The summed E-state index contributed by atoms with van der Waals surface area (Å²) in [6.45, 7) is 7.75. The molecule has 2 heterocycles. The summed E-state index contributed by atoms with van der Waals surface area (Å²) in [5.74, 6) is 1.55. The highest BCUT2D eigenvalue weighted by atomic mass is 16.5. The highest BCUT2D eigenvalue weighted by Crippen LogP contribution is 2.25. The topological polar surface area (TPSA) is 58.8 Å². The molecule has 1 amide bonds. The Balaban J connectivity index is 1.35. The van der Waals surface area contributed by atoms with Crippen molar-refractivity contribution in [1.82, 2.24) is 15.0 Å². The van der Waals surface area contributed by atoms with Gasteiger partial charge in [0.05, 0.1) is 11.3 Å². The van der Waals surface area contributed by atoms with Crippen molar-refractivity contribution in [2.75, 3.05) is 26.2 Å². The van der Waals surface area contributed by atoms with Gasteiger partial charge in [-0.1, -0.05) is 24.1 Å². The number of hydrogen-bond acceptors (Lipinski definition) is 5. The molecular formula is C22H29N3O3. The molecule has 150 valence electrons. The van der Waals surface area contributed by atoms with Gasteiger partial charge in [0.25, 0.3) is 5.91 Å². The van der Waals surface area contributed by atoms with Crippen LogP contribution in [-0.2, 0) is 6.61 Å². The lowest BCUT2D eigenvalue weighted by molar-refractivity contribution is 0.0573. The number of hydrogen-bond donors (Lipinski definition) is 0. The van der Waals surface area contributed by atoms with Crippen LogP contribution >= 0.6 is 0 Å². The first-order valence-electron chi connectivity index (χ1n) is 10.3. The van der Waals surface area contributed by atoms with Crippen molar-refractivity contribution in [3.63, 3.8) is 0 Å². The zero-order chi connectivity index (χ0) is 19.5. The average Bonchev–Trinajstić information content (AvgIpc) is 3.37. The number of aryl methyl sites for hydroxylation is 2. The number of nitrogens with zero attached hydrogens (tertiary/aromatic N) is 3. The molecule has 2 fully saturated rings. The van der Waals surface area contributed by atoms with Crippen LogP contribution in [0.15, 0.2) is 28.8 Å². The molecule has 1 aromatic carbocycles. The summed E-state index contributed by atoms with van der Waals surface area (Å²) in [6.07, 6.45) is 5.34. The van der Waals surface area contributed by atoms with Crippen LogP contribution < -0.4 is 4.74 Å². The second-order valence-electron chi connectivity index (χ2n) is 7.89. The third-order valence-corrected chi connectivity index (χ3v) is 6.09. The van der Waals surface area contributed by atoms with Crippen LogP contribution in [0.3, 0.4) is 0 Å². The molecule has 1 saturated carbocycles. The molecule has 2 aromatic rings. The third-order valence-electron chi connectivity index (χ3n) is 6.09. The molecule has 0 N–H and O–H groups in total. The molecule has 0 unspecified atom stereocenters. The van der Waals surface area contributed by atoms with E-state index in [1.807, 2.05) is 43.0 Å². The number of carbonyl (C=O) groups excluding carboxylic acids is 1. The Morgan fingerprint density at radius 2 is 1.93 bits per heavy atom. The highest BCUT2D eigenvalue weighted by molar-refractivity contribution is 5.94. The first-order chi connectivity index (χ1) is 13.6. The van der Waals surface area contributed by atoms with Gasteiger partial charge in [-0.25, -0.2) is 0 Å². The van der Waals surface area contributed by atoms with Crippen molar-refractivity contribution in [3.05, 3.63) is 46.8 Å². The summed E-state index contributed by atoms with van der Waals surface area (Å²) in [5.41, 5.74) is 2.48. The molecule has 4 rings (SSSR count). The van der Waals surface area contributed by atoms with Gasteiger partial charge in [0.2, 0.25) is 0 Å². The molecule has 28 heavy (non-hydrogen) atoms. The van der Waals surface area contributed by atoms with Crippen LogP contribution in [0, 0.1) is 13.8 Å². The maximum Gasteiger partial charge on any atom is 0.254 e. The molecule has 6 heteroatoms. The molecule has 1 saturated heterocycles. The van der Waals surface area contributed by atoms with E-state index in [1.165, 1.54) is 25.7 Å². The number of amides is 1. The number of aromatic nitrogens is 1. The van der Waals surface area contributed by atoms with Crippen molar-refractivity contribution in [2.45, 2.75) is 52.2 Å². The van der Waals surface area contributed by atoms with E-state index in [1.54, 1.807) is 0 Å². The third kappa shape index (κ3) is 4.07. The Bertz CT molecular complexity index is 799. The lowest BCUT2D eigenvalue weighted by Gasteiger charge is -2.38. The van der Waals surface area contributed by atoms with Gasteiger partial charge in [-0.3, -0.25) is 9.69 Å². The van der Waals surface area contributed by atoms with Crippen LogP contribution in [0.4, 0.5) is 0 Å². The summed E-state index contributed by atoms with van der Waals surface area (Å²) in [7, 11) is 0. The quantitative estimate of drug-likeness (QED) is 0.790. The predicted octanol–water partition coefficient (Wildman–Crippen LogP) is 3.57. The zero-order valence-electron chi connectivity index (χ0n) is 16.8. The van der Waals surface area contributed by atoms with Gasteiger partial charge < -0.3 is 14.2 Å². The minimum absolute atomic E-state index is 0.0915. The molecule has 0 spiro atoms. The Labute approximate surface area is 166 Å². The SMILES string of the molecule is Cc1noc(C)c1COc1cccc(C(=O)N2CCN(C3CCCC3)CC2)c1. The van der Waals surface area contributed by atoms with E-state index in [-0.39, 0.29) is 5.91 Å². The molecule has 0 bridgehead atoms. The summed E-state index contributed by atoms with van der Waals surface area (Å²) >= 11 is 0. The van der Waals surface area contributed by atoms with E-state index in [9.17, 15) is 4.79 Å². The molecular weight excluding hydrogens is 354 g/mol. The maximum atomic E-state index is 12.9. The lowest BCUT2D eigenvalue weighted by atomic mass is 10.1. The molecule has 0 radical (unpaired) electrons. The van der Waals surface area contributed by atoms with E-state index < -0.39 is 0 Å². The minimum atomic E-state index is 0.0915. The summed E-state index contributed by atoms with van der Waals surface area (Å²) in [4.78, 5) is 17.5. The number of carbonyl (C=O) groups is 1. The number of piperazine rings is 1. The van der Waals surface area contributed by atoms with Gasteiger partial charge >= 0.3 is 0 Å². The van der Waals surface area contributed by atoms with Crippen LogP contribution in [0.2, 0.25) is 0 Å². The first kappa shape index (κ1) is 19.0. The summed E-state index contributed by atoms with van der Waals surface area (Å²) in [5, 5.41) is 3.95. The monoisotopic (exact) mass is 383 g/mol. The molecule has 2 aliphatic rings. The molecule has 0 atom stereocenters. The van der Waals surface area contributed by atoms with Gasteiger partial charge in [-0.15, -0.1) is 0 Å². The number of ether oxygens (including phenoxy) is 1. The van der Waals surface area contributed by atoms with E-state index in [4.69, 9.17) is 9.26 Å². The van der Waals surface area contributed by atoms with Crippen LogP contribution in [0.5, 0.6) is 5.75 Å². The van der Waals surface area contributed by atoms with Crippen molar-refractivity contribution in [1.29, 1.82) is 0 Å². The second-order valence-corrected chi connectivity index (χ2v) is 7.89. The number of rotatable bonds is 5. The van der Waals surface area contributed by atoms with Crippen molar-refractivity contribution in [3.8, 4) is 5.75 Å². The zero-order valence-corrected chi connectivity index (χ0v) is 16.8. The van der Waals surface area contributed by atoms with Crippen molar-refractivity contribution in [2.24, 2.45) is 0 Å². The van der Waals surface area contributed by atoms with Gasteiger partial charge in [-0.2, -0.15) is 0 Å². The molecule has 1 aromatic heterocycles. The van der Waals surface area contributed by atoms with E-state index in [0.717, 1.165) is 49.2 Å². The molecule has 1 aliphatic heterocycles. The van der Waals surface area contributed by atoms with Crippen LogP contribution in [0.1, 0.15) is 53.1 Å². The Hall–Kier alpha value is -2.34. The summed E-state index contributed by atoms with van der Waals surface area (Å²) in [6, 6.07) is 8.20. The fraction of sp³-hybridized carbons (Fsp3) is 0.545. The second kappa shape index (κ2) is 8.35. The Kier molecular flexibility index (Phi) is 5.67. The van der Waals surface area contributed by atoms with E-state index >= 15 is 0 Å². The first-order valence-corrected chi connectivity index (χ1v) is 10.3. The Morgan fingerprint density at radius 3 is 2.61 bits per heavy atom. The van der Waals surface area contributed by atoms with Crippen LogP contribution in [0.25, 0.3) is 0 Å². The van der Waals surface area contributed by atoms with Crippen molar-refractivity contribution < 1.29 is 14.1 Å². The Morgan fingerprint density at radius 1 is 1.18 bits per heavy atom. The lowest BCUT2D eigenvalue weighted by Crippen LogP contribution is -2.51. The van der Waals surface area contributed by atoms with E-state index in [0.29, 0.717) is 17.9 Å². The normalized spacial score (nSPS) is 18.6. The molecule has 6 nitrogen and oxygen atoms in total. The summed E-state index contributed by atoms with van der Waals surface area (Å²) < 4.78 is 11.1. The molecule has 1 aliphatic carbocycles. The van der Waals surface area contributed by atoms with Gasteiger partial charge in [0.15, 0.2) is 0 Å². The fourth-order valence-corrected chi connectivity index (χ4v) is 4.32. The fourth-order valence-electron chi connectivity index (χ4n) is 4.32. The predicted molar refractivity (Wildman–Crippen MR) is 106 cm³/mol. The largest absolute Gasteiger partial charge is 0.489 e. The highest BCUT2D eigenvalue weighted by Gasteiger charge is 2.28. The number of benzene rings is 1. The smallest absolute Gasteiger partial charge is 0.254 e. The average molecular weight is 383 g/mol. The standard InChI is InChI=1S/C22H29N3O3/c1-16-21(17(2)28-23-16)15-27-20-9-5-6-18(14-20)22(26)25-12-10-24(11-13-25)19-7-3-4-8-19/h5-6,9,14,19H,3-4,7-8,10-13,15H2,1-2H3. The van der Waals surface area contributed by atoms with E-state index in [2.05, 4.69) is 10.1 Å². The van der Waals surface area contributed by atoms with Gasteiger partial charge in [-0.05, 0) is 44.9 Å². The van der Waals surface area contributed by atoms with Crippen LogP contribution in [-0.4, -0.2) is 53.1 Å². The van der Waals surface area contributed by atoms with Crippen molar-refractivity contribution >= 4 is 5.91 Å². The maximum absolute atomic E-state index is 12.9. The van der Waals surface area contributed by atoms with Gasteiger partial charge in [0, 0.05) is 37.8 Å².